The Kier molecular flexibility index (Phi) is 5.84. The summed E-state index contributed by atoms with van der Waals surface area (Å²) in [6.45, 7) is 1.12. The molecule has 0 amide bonds. The average molecular weight is 353 g/mol. The largest absolute Gasteiger partial charge is 0.497 e. The zero-order valence-electron chi connectivity index (χ0n) is 15.0. The lowest BCUT2D eigenvalue weighted by Crippen LogP contribution is -2.13. The van der Waals surface area contributed by atoms with Gasteiger partial charge in [-0.05, 0) is 63.3 Å². The summed E-state index contributed by atoms with van der Waals surface area (Å²) in [5.74, 6) is 0.866. The van der Waals surface area contributed by atoms with Crippen LogP contribution < -0.4 is 4.74 Å². The molecule has 0 aliphatic heterocycles. The van der Waals surface area contributed by atoms with E-state index in [4.69, 9.17) is 9.72 Å². The van der Waals surface area contributed by atoms with Gasteiger partial charge in [0, 0.05) is 16.5 Å². The quantitative estimate of drug-likeness (QED) is 0.600. The maximum absolute atomic E-state index is 5.21. The third-order valence-corrected chi connectivity index (χ3v) is 5.05. The van der Waals surface area contributed by atoms with Crippen molar-refractivity contribution >= 4 is 11.3 Å². The van der Waals surface area contributed by atoms with Crippen molar-refractivity contribution in [3.05, 3.63) is 59.5 Å². The molecule has 0 fully saturated rings. The highest BCUT2D eigenvalue weighted by Gasteiger charge is 2.07. The van der Waals surface area contributed by atoms with Gasteiger partial charge in [-0.15, -0.1) is 11.3 Å². The van der Waals surface area contributed by atoms with E-state index in [1.807, 2.05) is 12.1 Å². The standard InChI is InChI=1S/C21H24N2OS/c1-23(2)14-4-5-16-6-8-17(9-7-16)20-15-25-21(22-20)18-10-12-19(24-3)13-11-18/h6-13,15H,4-5,14H2,1-3H3. The number of aryl methyl sites for hydroxylation is 1. The van der Waals surface area contributed by atoms with Crippen LogP contribution in [0.4, 0.5) is 0 Å². The molecule has 3 rings (SSSR count). The van der Waals surface area contributed by atoms with Crippen LogP contribution in [0.15, 0.2) is 53.9 Å². The van der Waals surface area contributed by atoms with Gasteiger partial charge in [-0.2, -0.15) is 0 Å². The number of nitrogens with zero attached hydrogens (tertiary/aromatic N) is 2. The van der Waals surface area contributed by atoms with Crippen molar-refractivity contribution in [1.82, 2.24) is 9.88 Å². The second-order valence-electron chi connectivity index (χ2n) is 6.37. The van der Waals surface area contributed by atoms with Gasteiger partial charge < -0.3 is 9.64 Å². The zero-order chi connectivity index (χ0) is 17.6. The van der Waals surface area contributed by atoms with Gasteiger partial charge in [0.05, 0.1) is 12.8 Å². The van der Waals surface area contributed by atoms with Crippen LogP contribution in [-0.4, -0.2) is 37.6 Å². The van der Waals surface area contributed by atoms with E-state index in [2.05, 4.69) is 60.8 Å². The highest BCUT2D eigenvalue weighted by Crippen LogP contribution is 2.30. The molecule has 1 aromatic heterocycles. The van der Waals surface area contributed by atoms with Crippen LogP contribution in [0.5, 0.6) is 5.75 Å². The molecular weight excluding hydrogens is 328 g/mol. The number of thiazole rings is 1. The molecule has 3 nitrogen and oxygen atoms in total. The number of rotatable bonds is 7. The first-order chi connectivity index (χ1) is 12.2. The van der Waals surface area contributed by atoms with E-state index in [0.29, 0.717) is 0 Å². The van der Waals surface area contributed by atoms with Gasteiger partial charge in [0.2, 0.25) is 0 Å². The topological polar surface area (TPSA) is 25.4 Å². The summed E-state index contributed by atoms with van der Waals surface area (Å²) in [6, 6.07) is 16.8. The minimum atomic E-state index is 0.866. The molecule has 0 radical (unpaired) electrons. The molecule has 0 atom stereocenters. The number of aromatic nitrogens is 1. The molecule has 3 aromatic rings. The summed E-state index contributed by atoms with van der Waals surface area (Å²) >= 11 is 1.67. The van der Waals surface area contributed by atoms with E-state index in [1.165, 1.54) is 17.5 Å². The molecule has 0 spiro atoms. The number of benzene rings is 2. The SMILES string of the molecule is COc1ccc(-c2nc(-c3ccc(CCCN(C)C)cc3)cs2)cc1. The summed E-state index contributed by atoms with van der Waals surface area (Å²) < 4.78 is 5.21. The molecule has 25 heavy (non-hydrogen) atoms. The van der Waals surface area contributed by atoms with Gasteiger partial charge in [0.25, 0.3) is 0 Å². The zero-order valence-corrected chi connectivity index (χ0v) is 15.8. The average Bonchev–Trinajstić information content (AvgIpc) is 3.12. The lowest BCUT2D eigenvalue weighted by atomic mass is 10.1. The molecule has 0 N–H and O–H groups in total. The molecule has 0 unspecified atom stereocenters. The van der Waals surface area contributed by atoms with Gasteiger partial charge in [-0.25, -0.2) is 4.98 Å². The van der Waals surface area contributed by atoms with E-state index in [1.54, 1.807) is 18.4 Å². The van der Waals surface area contributed by atoms with Crippen LogP contribution >= 0.6 is 11.3 Å². The predicted octanol–water partition coefficient (Wildman–Crippen LogP) is 4.98. The Morgan fingerprint density at radius 3 is 2.28 bits per heavy atom. The number of ether oxygens (including phenoxy) is 1. The van der Waals surface area contributed by atoms with Crippen molar-refractivity contribution in [2.45, 2.75) is 12.8 Å². The molecule has 0 saturated heterocycles. The Bertz CT molecular complexity index is 792. The Hall–Kier alpha value is -2.17. The normalized spacial score (nSPS) is 11.0. The Morgan fingerprint density at radius 1 is 0.960 bits per heavy atom. The fourth-order valence-corrected chi connectivity index (χ4v) is 3.55. The maximum atomic E-state index is 5.21. The minimum absolute atomic E-state index is 0.866. The van der Waals surface area contributed by atoms with Crippen molar-refractivity contribution in [3.63, 3.8) is 0 Å². The molecule has 0 aliphatic carbocycles. The lowest BCUT2D eigenvalue weighted by molar-refractivity contribution is 0.400. The lowest BCUT2D eigenvalue weighted by Gasteiger charge is -2.09. The molecule has 0 aliphatic rings. The number of methoxy groups -OCH3 is 1. The molecule has 4 heteroatoms. The van der Waals surface area contributed by atoms with Crippen LogP contribution in [-0.2, 0) is 6.42 Å². The second kappa shape index (κ2) is 8.28. The fourth-order valence-electron chi connectivity index (χ4n) is 2.71. The Morgan fingerprint density at radius 2 is 1.64 bits per heavy atom. The smallest absolute Gasteiger partial charge is 0.124 e. The van der Waals surface area contributed by atoms with E-state index < -0.39 is 0 Å². The molecule has 2 aromatic carbocycles. The van der Waals surface area contributed by atoms with Crippen molar-refractivity contribution in [1.29, 1.82) is 0 Å². The highest BCUT2D eigenvalue weighted by atomic mass is 32.1. The van der Waals surface area contributed by atoms with Crippen LogP contribution in [0.25, 0.3) is 21.8 Å². The molecule has 0 bridgehead atoms. The molecule has 0 saturated carbocycles. The first-order valence-corrected chi connectivity index (χ1v) is 9.37. The Labute approximate surface area is 153 Å². The van der Waals surface area contributed by atoms with Crippen LogP contribution in [0.1, 0.15) is 12.0 Å². The van der Waals surface area contributed by atoms with Crippen molar-refractivity contribution in [2.75, 3.05) is 27.7 Å². The summed E-state index contributed by atoms with van der Waals surface area (Å²) in [6.07, 6.45) is 2.30. The first kappa shape index (κ1) is 17.6. The van der Waals surface area contributed by atoms with Gasteiger partial charge >= 0.3 is 0 Å². The third kappa shape index (κ3) is 4.68. The van der Waals surface area contributed by atoms with Crippen molar-refractivity contribution in [3.8, 4) is 27.6 Å². The summed E-state index contributed by atoms with van der Waals surface area (Å²) in [5, 5.41) is 3.16. The first-order valence-electron chi connectivity index (χ1n) is 8.50. The minimum Gasteiger partial charge on any atom is -0.497 e. The second-order valence-corrected chi connectivity index (χ2v) is 7.23. The molecule has 130 valence electrons. The summed E-state index contributed by atoms with van der Waals surface area (Å²) in [7, 11) is 5.91. The van der Waals surface area contributed by atoms with E-state index in [0.717, 1.165) is 35.0 Å². The van der Waals surface area contributed by atoms with E-state index in [9.17, 15) is 0 Å². The van der Waals surface area contributed by atoms with Crippen LogP contribution in [0, 0.1) is 0 Å². The summed E-state index contributed by atoms with van der Waals surface area (Å²) in [4.78, 5) is 7.02. The van der Waals surface area contributed by atoms with Crippen molar-refractivity contribution in [2.24, 2.45) is 0 Å². The van der Waals surface area contributed by atoms with Gasteiger partial charge in [0.1, 0.15) is 10.8 Å². The predicted molar refractivity (Wildman–Crippen MR) is 106 cm³/mol. The van der Waals surface area contributed by atoms with Crippen molar-refractivity contribution < 1.29 is 4.74 Å². The van der Waals surface area contributed by atoms with Gasteiger partial charge in [0.15, 0.2) is 0 Å². The summed E-state index contributed by atoms with van der Waals surface area (Å²) in [5.41, 5.74) is 4.72. The fraction of sp³-hybridized carbons (Fsp3) is 0.286. The molecular formula is C21H24N2OS. The van der Waals surface area contributed by atoms with E-state index >= 15 is 0 Å². The third-order valence-electron chi connectivity index (χ3n) is 4.16. The van der Waals surface area contributed by atoms with Crippen LogP contribution in [0.3, 0.4) is 0 Å². The van der Waals surface area contributed by atoms with Gasteiger partial charge in [-0.3, -0.25) is 0 Å². The van der Waals surface area contributed by atoms with Crippen LogP contribution in [0.2, 0.25) is 0 Å². The maximum Gasteiger partial charge on any atom is 0.124 e. The number of hydrogen-bond donors (Lipinski definition) is 0. The molecule has 1 heterocycles. The Balaban J connectivity index is 1.69. The van der Waals surface area contributed by atoms with E-state index in [-0.39, 0.29) is 0 Å². The number of hydrogen-bond acceptors (Lipinski definition) is 4. The van der Waals surface area contributed by atoms with Gasteiger partial charge in [-0.1, -0.05) is 24.3 Å². The highest BCUT2D eigenvalue weighted by molar-refractivity contribution is 7.13. The monoisotopic (exact) mass is 352 g/mol.